The Bertz CT molecular complexity index is 748. The summed E-state index contributed by atoms with van der Waals surface area (Å²) in [5.41, 5.74) is 2.32. The van der Waals surface area contributed by atoms with E-state index in [9.17, 15) is 9.59 Å². The number of hydrogen-bond donors (Lipinski definition) is 3. The van der Waals surface area contributed by atoms with Gasteiger partial charge in [-0.2, -0.15) is 0 Å². The van der Waals surface area contributed by atoms with E-state index in [1.807, 2.05) is 25.1 Å². The molecule has 0 radical (unpaired) electrons. The summed E-state index contributed by atoms with van der Waals surface area (Å²) in [6.07, 6.45) is 3.21. The molecule has 6 nitrogen and oxygen atoms in total. The topological polar surface area (TPSA) is 81.0 Å². The normalized spacial score (nSPS) is 20.5. The highest BCUT2D eigenvalue weighted by Gasteiger charge is 2.28. The molecule has 0 bridgehead atoms. The molecule has 0 aliphatic carbocycles. The zero-order chi connectivity index (χ0) is 16.4. The van der Waals surface area contributed by atoms with E-state index in [1.165, 1.54) is 6.42 Å². The average molecular weight is 316 g/mol. The molecule has 1 aliphatic heterocycles. The van der Waals surface area contributed by atoms with Crippen LogP contribution in [0.15, 0.2) is 23.0 Å². The van der Waals surface area contributed by atoms with Gasteiger partial charge in [-0.05, 0) is 50.6 Å². The van der Waals surface area contributed by atoms with Crippen LogP contribution >= 0.6 is 0 Å². The smallest absolute Gasteiger partial charge is 0.323 e. The fourth-order valence-corrected chi connectivity index (χ4v) is 3.38. The molecule has 1 fully saturated rings. The quantitative estimate of drug-likeness (QED) is 0.806. The Morgan fingerprint density at radius 1 is 1.35 bits per heavy atom. The molecule has 1 aliphatic rings. The first kappa shape index (κ1) is 15.8. The van der Waals surface area contributed by atoms with Crippen molar-refractivity contribution in [3.05, 3.63) is 34.2 Å². The van der Waals surface area contributed by atoms with Crippen molar-refractivity contribution in [2.45, 2.75) is 45.2 Å². The van der Waals surface area contributed by atoms with Crippen LogP contribution in [0.5, 0.6) is 0 Å². The van der Waals surface area contributed by atoms with E-state index in [1.54, 1.807) is 0 Å². The number of fused-ring (bicyclic) bond motifs is 1. The number of hydrogen-bond acceptors (Lipinski definition) is 3. The van der Waals surface area contributed by atoms with Crippen molar-refractivity contribution in [3.63, 3.8) is 0 Å². The minimum absolute atomic E-state index is 0.0213. The van der Waals surface area contributed by atoms with Gasteiger partial charge in [0.05, 0.1) is 23.1 Å². The lowest BCUT2D eigenvalue weighted by Crippen LogP contribution is -2.49. The fraction of sp³-hybridized carbons (Fsp3) is 0.529. The third-order valence-electron chi connectivity index (χ3n) is 4.72. The van der Waals surface area contributed by atoms with Crippen molar-refractivity contribution in [2.24, 2.45) is 0 Å². The molecule has 2 atom stereocenters. The maximum Gasteiger partial charge on any atom is 0.323 e. The highest BCUT2D eigenvalue weighted by Crippen LogP contribution is 2.20. The molecule has 124 valence electrons. The number of carbonyl (C=O) groups excluding carboxylic acids is 1. The highest BCUT2D eigenvalue weighted by molar-refractivity contribution is 5.82. The number of aromatic nitrogens is 2. The molecule has 6 heteroatoms. The molecule has 3 N–H and O–H groups in total. The van der Waals surface area contributed by atoms with Crippen LogP contribution in [0, 0.1) is 0 Å². The van der Waals surface area contributed by atoms with E-state index in [4.69, 9.17) is 0 Å². The Kier molecular flexibility index (Phi) is 4.52. The third-order valence-corrected chi connectivity index (χ3v) is 4.72. The van der Waals surface area contributed by atoms with Gasteiger partial charge < -0.3 is 15.3 Å². The molecule has 0 saturated carbocycles. The van der Waals surface area contributed by atoms with Crippen LogP contribution in [0.1, 0.15) is 44.7 Å². The van der Waals surface area contributed by atoms with E-state index >= 15 is 0 Å². The maximum absolute atomic E-state index is 12.6. The van der Waals surface area contributed by atoms with Gasteiger partial charge in [0.15, 0.2) is 0 Å². The van der Waals surface area contributed by atoms with Gasteiger partial charge >= 0.3 is 5.69 Å². The number of rotatable bonds is 4. The second-order valence-corrected chi connectivity index (χ2v) is 6.25. The largest absolute Gasteiger partial charge is 0.348 e. The van der Waals surface area contributed by atoms with Gasteiger partial charge in [-0.15, -0.1) is 0 Å². The Hall–Kier alpha value is -2.08. The number of aromatic amines is 2. The van der Waals surface area contributed by atoms with Crippen LogP contribution in [-0.2, 0) is 4.79 Å². The van der Waals surface area contributed by atoms with Crippen LogP contribution < -0.4 is 11.0 Å². The molecule has 23 heavy (non-hydrogen) atoms. The molecule has 1 amide bonds. The van der Waals surface area contributed by atoms with Crippen molar-refractivity contribution < 1.29 is 4.79 Å². The Labute approximate surface area is 135 Å². The van der Waals surface area contributed by atoms with Crippen molar-refractivity contribution in [1.29, 1.82) is 0 Å². The summed E-state index contributed by atoms with van der Waals surface area (Å²) in [7, 11) is 0. The van der Waals surface area contributed by atoms with Crippen molar-refractivity contribution >= 4 is 16.9 Å². The van der Waals surface area contributed by atoms with Crippen LogP contribution in [-0.4, -0.2) is 39.9 Å². The molecular formula is C17H24N4O2. The summed E-state index contributed by atoms with van der Waals surface area (Å²) in [5.74, 6) is 0.0988. The number of nitrogens with zero attached hydrogens (tertiary/aromatic N) is 1. The molecule has 1 saturated heterocycles. The summed E-state index contributed by atoms with van der Waals surface area (Å²) in [4.78, 5) is 31.7. The number of amides is 1. The molecule has 1 aromatic heterocycles. The zero-order valence-corrected chi connectivity index (χ0v) is 13.7. The Balaban J connectivity index is 1.72. The van der Waals surface area contributed by atoms with Crippen LogP contribution in [0.2, 0.25) is 0 Å². The van der Waals surface area contributed by atoms with E-state index in [-0.39, 0.29) is 23.7 Å². The summed E-state index contributed by atoms with van der Waals surface area (Å²) in [6.45, 7) is 5.98. The van der Waals surface area contributed by atoms with E-state index in [0.29, 0.717) is 0 Å². The van der Waals surface area contributed by atoms with Gasteiger partial charge in [0.1, 0.15) is 0 Å². The number of carbonyl (C=O) groups is 1. The summed E-state index contributed by atoms with van der Waals surface area (Å²) in [5, 5.41) is 3.12. The standard InChI is InChI=1S/C17H24N4O2/c1-3-21-9-5-4-6-15(21)16(22)18-11(2)12-7-8-13-14(10-12)20-17(23)19-13/h7-8,10-11,15H,3-6,9H2,1-2H3,(H,18,22)(H2,19,20,23)/t11-,15+/m0/s1. The minimum atomic E-state index is -0.213. The van der Waals surface area contributed by atoms with Gasteiger partial charge in [0.2, 0.25) is 5.91 Å². The van der Waals surface area contributed by atoms with Gasteiger partial charge in [-0.25, -0.2) is 4.79 Å². The number of H-pyrrole nitrogens is 2. The number of likely N-dealkylation sites (tertiary alicyclic amines) is 1. The first-order valence-corrected chi connectivity index (χ1v) is 8.35. The summed E-state index contributed by atoms with van der Waals surface area (Å²) < 4.78 is 0. The lowest BCUT2D eigenvalue weighted by Gasteiger charge is -2.34. The first-order valence-electron chi connectivity index (χ1n) is 8.35. The van der Waals surface area contributed by atoms with E-state index in [2.05, 4.69) is 27.1 Å². The van der Waals surface area contributed by atoms with Gasteiger partial charge in [0.25, 0.3) is 0 Å². The van der Waals surface area contributed by atoms with E-state index in [0.717, 1.165) is 42.5 Å². The molecule has 0 unspecified atom stereocenters. The second-order valence-electron chi connectivity index (χ2n) is 6.25. The Morgan fingerprint density at radius 3 is 2.91 bits per heavy atom. The van der Waals surface area contributed by atoms with Crippen LogP contribution in [0.4, 0.5) is 0 Å². The van der Waals surface area contributed by atoms with Crippen molar-refractivity contribution in [1.82, 2.24) is 20.2 Å². The number of nitrogens with one attached hydrogen (secondary N) is 3. The van der Waals surface area contributed by atoms with Crippen LogP contribution in [0.25, 0.3) is 11.0 Å². The van der Waals surface area contributed by atoms with Crippen molar-refractivity contribution in [2.75, 3.05) is 13.1 Å². The number of piperidine rings is 1. The third kappa shape index (κ3) is 3.32. The monoisotopic (exact) mass is 316 g/mol. The molecule has 3 rings (SSSR count). The lowest BCUT2D eigenvalue weighted by atomic mass is 10.0. The average Bonchev–Trinajstić information content (AvgIpc) is 2.93. The Morgan fingerprint density at radius 2 is 2.13 bits per heavy atom. The van der Waals surface area contributed by atoms with Crippen LogP contribution in [0.3, 0.4) is 0 Å². The van der Waals surface area contributed by atoms with Gasteiger partial charge in [-0.3, -0.25) is 9.69 Å². The fourth-order valence-electron chi connectivity index (χ4n) is 3.38. The summed E-state index contributed by atoms with van der Waals surface area (Å²) >= 11 is 0. The minimum Gasteiger partial charge on any atom is -0.348 e. The first-order chi connectivity index (χ1) is 11.1. The molecule has 1 aromatic carbocycles. The van der Waals surface area contributed by atoms with Gasteiger partial charge in [0, 0.05) is 0 Å². The molecule has 2 heterocycles. The molecular weight excluding hydrogens is 292 g/mol. The number of imidazole rings is 1. The highest BCUT2D eigenvalue weighted by atomic mass is 16.2. The SMILES string of the molecule is CCN1CCCC[C@@H]1C(=O)N[C@@H](C)c1ccc2[nH]c(=O)[nH]c2c1. The zero-order valence-electron chi connectivity index (χ0n) is 13.7. The van der Waals surface area contributed by atoms with E-state index < -0.39 is 0 Å². The van der Waals surface area contributed by atoms with Crippen molar-refractivity contribution in [3.8, 4) is 0 Å². The van der Waals surface area contributed by atoms with Gasteiger partial charge in [-0.1, -0.05) is 19.4 Å². The molecule has 0 spiro atoms. The molecule has 2 aromatic rings. The maximum atomic E-state index is 12.6. The predicted molar refractivity (Wildman–Crippen MR) is 90.4 cm³/mol. The lowest BCUT2D eigenvalue weighted by molar-refractivity contribution is -0.128. The summed E-state index contributed by atoms with van der Waals surface area (Å²) in [6, 6.07) is 5.61. The number of likely N-dealkylation sites (N-methyl/N-ethyl adjacent to an activating group) is 1. The number of benzene rings is 1. The second kappa shape index (κ2) is 6.58. The predicted octanol–water partition coefficient (Wildman–Crippen LogP) is 1.91.